The average Bonchev–Trinajstić information content (AvgIpc) is 2.13. The molecule has 0 amide bonds. The molecule has 100 valence electrons. The Labute approximate surface area is 108 Å². The number of hydrogen-bond acceptors (Lipinski definition) is 3. The van der Waals surface area contributed by atoms with Gasteiger partial charge in [0.1, 0.15) is 0 Å². The van der Waals surface area contributed by atoms with E-state index in [1.807, 2.05) is 20.8 Å². The first-order valence-electron chi connectivity index (χ1n) is 6.11. The zero-order chi connectivity index (χ0) is 14.1. The molecule has 4 heteroatoms. The predicted octanol–water partition coefficient (Wildman–Crippen LogP) is 2.40. The van der Waals surface area contributed by atoms with Gasteiger partial charge in [-0.3, -0.25) is 4.79 Å². The number of aromatic nitrogens is 1. The number of pyridine rings is 1. The van der Waals surface area contributed by atoms with E-state index in [0.29, 0.717) is 23.4 Å². The topological polar surface area (TPSA) is 48.3 Å². The van der Waals surface area contributed by atoms with Gasteiger partial charge in [0.05, 0.1) is 12.2 Å². The van der Waals surface area contributed by atoms with Crippen LogP contribution >= 0.6 is 0 Å². The fraction of sp³-hybridized carbons (Fsp3) is 0.571. The van der Waals surface area contributed by atoms with Crippen LogP contribution in [0.1, 0.15) is 49.3 Å². The van der Waals surface area contributed by atoms with Crippen LogP contribution in [-0.2, 0) is 10.3 Å². The first-order valence-corrected chi connectivity index (χ1v) is 6.11. The lowest BCUT2D eigenvalue weighted by molar-refractivity contribution is 0.0523. The second-order valence-electron chi connectivity index (χ2n) is 5.35. The normalized spacial score (nSPS) is 11.4. The van der Waals surface area contributed by atoms with Crippen LogP contribution in [0.2, 0.25) is 0 Å². The summed E-state index contributed by atoms with van der Waals surface area (Å²) < 4.78 is 6.67. The molecule has 0 aliphatic carbocycles. The maximum absolute atomic E-state index is 12.1. The lowest BCUT2D eigenvalue weighted by Gasteiger charge is -2.26. The maximum atomic E-state index is 12.1. The van der Waals surface area contributed by atoms with Crippen LogP contribution in [0.3, 0.4) is 0 Å². The number of ether oxygens (including phenoxy) is 1. The van der Waals surface area contributed by atoms with Crippen LogP contribution in [-0.4, -0.2) is 17.1 Å². The quantitative estimate of drug-likeness (QED) is 0.758. The van der Waals surface area contributed by atoms with E-state index in [9.17, 15) is 9.59 Å². The van der Waals surface area contributed by atoms with E-state index in [1.54, 1.807) is 25.3 Å². The number of nitrogens with zero attached hydrogens (tertiary/aromatic N) is 1. The van der Waals surface area contributed by atoms with Crippen molar-refractivity contribution in [2.45, 2.75) is 47.1 Å². The fourth-order valence-corrected chi connectivity index (χ4v) is 2.23. The molecule has 0 atom stereocenters. The molecule has 0 N–H and O–H groups in total. The van der Waals surface area contributed by atoms with E-state index in [4.69, 9.17) is 4.74 Å². The third-order valence-electron chi connectivity index (χ3n) is 2.80. The van der Waals surface area contributed by atoms with Gasteiger partial charge in [-0.1, -0.05) is 0 Å². The van der Waals surface area contributed by atoms with Crippen LogP contribution in [0.25, 0.3) is 0 Å². The van der Waals surface area contributed by atoms with Crippen molar-refractivity contribution in [3.05, 3.63) is 33.2 Å². The largest absolute Gasteiger partial charge is 0.462 e. The van der Waals surface area contributed by atoms with Crippen LogP contribution in [0, 0.1) is 13.8 Å². The minimum Gasteiger partial charge on any atom is -0.462 e. The number of hydrogen-bond donors (Lipinski definition) is 0. The van der Waals surface area contributed by atoms with Crippen molar-refractivity contribution in [3.8, 4) is 0 Å². The van der Waals surface area contributed by atoms with E-state index in [2.05, 4.69) is 0 Å². The Bertz CT molecular complexity index is 521. The summed E-state index contributed by atoms with van der Waals surface area (Å²) in [5, 5.41) is 0. The molecule has 0 unspecified atom stereocenters. The third kappa shape index (κ3) is 2.63. The third-order valence-corrected chi connectivity index (χ3v) is 2.80. The van der Waals surface area contributed by atoms with E-state index < -0.39 is 0 Å². The van der Waals surface area contributed by atoms with Gasteiger partial charge in [-0.2, -0.15) is 0 Å². The lowest BCUT2D eigenvalue weighted by Crippen LogP contribution is -2.37. The highest BCUT2D eigenvalue weighted by atomic mass is 16.5. The van der Waals surface area contributed by atoms with Gasteiger partial charge < -0.3 is 9.30 Å². The number of rotatable bonds is 2. The number of carbonyl (C=O) groups is 1. The Morgan fingerprint density at radius 1 is 1.33 bits per heavy atom. The van der Waals surface area contributed by atoms with Gasteiger partial charge in [-0.25, -0.2) is 4.79 Å². The Kier molecular flexibility index (Phi) is 3.99. The van der Waals surface area contributed by atoms with Crippen molar-refractivity contribution in [2.75, 3.05) is 6.61 Å². The van der Waals surface area contributed by atoms with Gasteiger partial charge in [0, 0.05) is 17.3 Å². The molecule has 0 saturated heterocycles. The highest BCUT2D eigenvalue weighted by molar-refractivity contribution is 5.92. The van der Waals surface area contributed by atoms with Gasteiger partial charge in [0.15, 0.2) is 0 Å². The summed E-state index contributed by atoms with van der Waals surface area (Å²) in [6.45, 7) is 11.4. The van der Waals surface area contributed by atoms with Crippen molar-refractivity contribution in [1.29, 1.82) is 0 Å². The Morgan fingerprint density at radius 3 is 2.33 bits per heavy atom. The highest BCUT2D eigenvalue weighted by Crippen LogP contribution is 2.19. The van der Waals surface area contributed by atoms with E-state index in [0.717, 1.165) is 0 Å². The van der Waals surface area contributed by atoms with E-state index >= 15 is 0 Å². The van der Waals surface area contributed by atoms with Crippen molar-refractivity contribution in [2.24, 2.45) is 0 Å². The molecule has 0 aliphatic heterocycles. The highest BCUT2D eigenvalue weighted by Gasteiger charge is 2.23. The lowest BCUT2D eigenvalue weighted by atomic mass is 10.0. The van der Waals surface area contributed by atoms with Crippen LogP contribution < -0.4 is 5.56 Å². The van der Waals surface area contributed by atoms with Crippen LogP contribution in [0.15, 0.2) is 10.9 Å². The monoisotopic (exact) mass is 251 g/mol. The maximum Gasteiger partial charge on any atom is 0.340 e. The second kappa shape index (κ2) is 4.96. The first kappa shape index (κ1) is 14.5. The van der Waals surface area contributed by atoms with Crippen LogP contribution in [0.4, 0.5) is 0 Å². The van der Waals surface area contributed by atoms with Gasteiger partial charge in [-0.05, 0) is 47.1 Å². The molecule has 1 heterocycles. The van der Waals surface area contributed by atoms with Gasteiger partial charge >= 0.3 is 5.97 Å². The van der Waals surface area contributed by atoms with E-state index in [-0.39, 0.29) is 17.1 Å². The molecular formula is C14H21NO3. The molecule has 1 aromatic heterocycles. The summed E-state index contributed by atoms with van der Waals surface area (Å²) >= 11 is 0. The summed E-state index contributed by atoms with van der Waals surface area (Å²) in [5.41, 5.74) is 1.36. The molecule has 0 bridgehead atoms. The summed E-state index contributed by atoms with van der Waals surface area (Å²) in [4.78, 5) is 24.0. The molecule has 1 rings (SSSR count). The summed E-state index contributed by atoms with van der Waals surface area (Å²) in [7, 11) is 0. The number of carbonyl (C=O) groups excluding carboxylic acids is 1. The molecular weight excluding hydrogens is 230 g/mol. The molecule has 4 nitrogen and oxygen atoms in total. The van der Waals surface area contributed by atoms with Gasteiger partial charge in [0.2, 0.25) is 0 Å². The average molecular weight is 251 g/mol. The Morgan fingerprint density at radius 2 is 1.89 bits per heavy atom. The zero-order valence-electron chi connectivity index (χ0n) is 12.0. The second-order valence-corrected chi connectivity index (χ2v) is 5.35. The van der Waals surface area contributed by atoms with Gasteiger partial charge in [0.25, 0.3) is 5.56 Å². The summed E-state index contributed by atoms with van der Waals surface area (Å²) in [5.74, 6) is -0.370. The molecule has 0 aliphatic rings. The smallest absolute Gasteiger partial charge is 0.340 e. The summed E-state index contributed by atoms with van der Waals surface area (Å²) in [6.07, 6.45) is 0. The standard InChI is InChI=1S/C14H21NO3/c1-7-18-13(17)12-9(2)8-11(16)15(10(12)3)14(4,5)6/h8H,7H2,1-6H3. The molecule has 0 aromatic carbocycles. The molecule has 0 radical (unpaired) electrons. The number of aryl methyl sites for hydroxylation is 1. The SMILES string of the molecule is CCOC(=O)c1c(C)cc(=O)n(C(C)(C)C)c1C. The molecule has 0 saturated carbocycles. The molecule has 0 spiro atoms. The molecule has 1 aromatic rings. The van der Waals surface area contributed by atoms with Crippen molar-refractivity contribution in [1.82, 2.24) is 4.57 Å². The Hall–Kier alpha value is -1.58. The number of esters is 1. The van der Waals surface area contributed by atoms with Crippen molar-refractivity contribution >= 4 is 5.97 Å². The minimum absolute atomic E-state index is 0.0921. The van der Waals surface area contributed by atoms with Crippen LogP contribution in [0.5, 0.6) is 0 Å². The molecule has 18 heavy (non-hydrogen) atoms. The van der Waals surface area contributed by atoms with Gasteiger partial charge in [-0.15, -0.1) is 0 Å². The Balaban J connectivity index is 3.56. The molecule has 0 fully saturated rings. The minimum atomic E-state index is -0.370. The van der Waals surface area contributed by atoms with Crippen molar-refractivity contribution < 1.29 is 9.53 Å². The first-order chi connectivity index (χ1) is 8.20. The zero-order valence-corrected chi connectivity index (χ0v) is 12.0. The van der Waals surface area contributed by atoms with E-state index in [1.165, 1.54) is 6.07 Å². The van der Waals surface area contributed by atoms with Crippen molar-refractivity contribution in [3.63, 3.8) is 0 Å². The predicted molar refractivity (Wildman–Crippen MR) is 71.1 cm³/mol. The fourth-order valence-electron chi connectivity index (χ4n) is 2.23. The summed E-state index contributed by atoms with van der Waals surface area (Å²) in [6, 6.07) is 1.49.